The lowest BCUT2D eigenvalue weighted by atomic mass is 9.97. The first kappa shape index (κ1) is 20.6. The number of aryl methyl sites for hydroxylation is 1. The molecular formula is C23H26N2O4. The van der Waals surface area contributed by atoms with Crippen molar-refractivity contribution in [2.24, 2.45) is 5.92 Å². The molecule has 1 saturated heterocycles. The number of rotatable bonds is 5. The first-order valence-electron chi connectivity index (χ1n) is 9.71. The van der Waals surface area contributed by atoms with Crippen LogP contribution in [0, 0.1) is 12.8 Å². The van der Waals surface area contributed by atoms with Crippen LogP contribution in [0.15, 0.2) is 42.5 Å². The van der Waals surface area contributed by atoms with Gasteiger partial charge in [0.2, 0.25) is 11.8 Å². The van der Waals surface area contributed by atoms with E-state index in [9.17, 15) is 14.4 Å². The van der Waals surface area contributed by atoms with Gasteiger partial charge in [0.15, 0.2) is 0 Å². The maximum atomic E-state index is 12.7. The number of esters is 1. The van der Waals surface area contributed by atoms with Gasteiger partial charge in [-0.05, 0) is 48.2 Å². The normalized spacial score (nSPS) is 16.2. The Labute approximate surface area is 170 Å². The van der Waals surface area contributed by atoms with E-state index in [2.05, 4.69) is 23.9 Å². The molecular weight excluding hydrogens is 368 g/mol. The summed E-state index contributed by atoms with van der Waals surface area (Å²) in [4.78, 5) is 38.7. The number of carbonyl (C=O) groups excluding carboxylic acids is 3. The van der Waals surface area contributed by atoms with Crippen molar-refractivity contribution in [2.75, 3.05) is 23.9 Å². The predicted molar refractivity (Wildman–Crippen MR) is 112 cm³/mol. The smallest absolute Gasteiger partial charge is 0.337 e. The lowest BCUT2D eigenvalue weighted by Crippen LogP contribution is -2.29. The molecule has 2 aromatic rings. The zero-order valence-electron chi connectivity index (χ0n) is 17.2. The second-order valence-electron chi connectivity index (χ2n) is 7.63. The van der Waals surface area contributed by atoms with E-state index in [1.54, 1.807) is 29.2 Å². The van der Waals surface area contributed by atoms with Gasteiger partial charge >= 0.3 is 5.97 Å². The minimum Gasteiger partial charge on any atom is -0.465 e. The average molecular weight is 394 g/mol. The van der Waals surface area contributed by atoms with Gasteiger partial charge in [0.25, 0.3) is 0 Å². The number of hydrogen-bond donors (Lipinski definition) is 1. The molecule has 1 fully saturated rings. The van der Waals surface area contributed by atoms with Crippen molar-refractivity contribution in [1.82, 2.24) is 0 Å². The molecule has 1 N–H and O–H groups in total. The number of anilines is 2. The van der Waals surface area contributed by atoms with Crippen molar-refractivity contribution in [3.05, 3.63) is 59.2 Å². The van der Waals surface area contributed by atoms with Crippen LogP contribution in [0.25, 0.3) is 0 Å². The third-order valence-electron chi connectivity index (χ3n) is 5.23. The van der Waals surface area contributed by atoms with Gasteiger partial charge in [0.1, 0.15) is 0 Å². The summed E-state index contributed by atoms with van der Waals surface area (Å²) in [6.07, 6.45) is 0.179. The summed E-state index contributed by atoms with van der Waals surface area (Å²) in [6, 6.07) is 12.5. The SMILES string of the molecule is COC(=O)c1ccc(NC(=O)C2CC(=O)N(c3c(C)cccc3C(C)C)C2)cc1. The molecule has 3 rings (SSSR count). The van der Waals surface area contributed by atoms with Crippen molar-refractivity contribution in [2.45, 2.75) is 33.1 Å². The van der Waals surface area contributed by atoms with E-state index in [4.69, 9.17) is 0 Å². The molecule has 6 nitrogen and oxygen atoms in total. The highest BCUT2D eigenvalue weighted by Gasteiger charge is 2.36. The number of methoxy groups -OCH3 is 1. The lowest BCUT2D eigenvalue weighted by Gasteiger charge is -2.24. The molecule has 0 saturated carbocycles. The van der Waals surface area contributed by atoms with Crippen molar-refractivity contribution >= 4 is 29.2 Å². The fraction of sp³-hybridized carbons (Fsp3) is 0.348. The second kappa shape index (κ2) is 8.47. The zero-order valence-corrected chi connectivity index (χ0v) is 17.2. The number of para-hydroxylation sites is 1. The van der Waals surface area contributed by atoms with E-state index in [1.807, 2.05) is 25.1 Å². The van der Waals surface area contributed by atoms with E-state index < -0.39 is 11.9 Å². The van der Waals surface area contributed by atoms with E-state index in [-0.39, 0.29) is 24.2 Å². The van der Waals surface area contributed by atoms with Crippen LogP contribution in [0.3, 0.4) is 0 Å². The van der Waals surface area contributed by atoms with Crippen LogP contribution in [-0.4, -0.2) is 31.4 Å². The quantitative estimate of drug-likeness (QED) is 0.781. The lowest BCUT2D eigenvalue weighted by molar-refractivity contribution is -0.122. The van der Waals surface area contributed by atoms with Gasteiger partial charge in [-0.25, -0.2) is 4.79 Å². The van der Waals surface area contributed by atoms with Crippen LogP contribution in [0.2, 0.25) is 0 Å². The number of benzene rings is 2. The van der Waals surface area contributed by atoms with Gasteiger partial charge in [-0.1, -0.05) is 32.0 Å². The van der Waals surface area contributed by atoms with Crippen LogP contribution in [0.4, 0.5) is 11.4 Å². The molecule has 2 aromatic carbocycles. The molecule has 0 aromatic heterocycles. The van der Waals surface area contributed by atoms with Gasteiger partial charge in [0.05, 0.1) is 18.6 Å². The first-order chi connectivity index (χ1) is 13.8. The largest absolute Gasteiger partial charge is 0.465 e. The maximum absolute atomic E-state index is 12.7. The Morgan fingerprint density at radius 3 is 2.45 bits per heavy atom. The topological polar surface area (TPSA) is 75.7 Å². The minimum atomic E-state index is -0.431. The standard InChI is InChI=1S/C23H26N2O4/c1-14(2)19-7-5-6-15(3)21(19)25-13-17(12-20(25)26)22(27)24-18-10-8-16(9-11-18)23(28)29-4/h5-11,14,17H,12-13H2,1-4H3,(H,24,27). The predicted octanol–water partition coefficient (Wildman–Crippen LogP) is 3.90. The van der Waals surface area contributed by atoms with Crippen molar-refractivity contribution < 1.29 is 19.1 Å². The molecule has 1 heterocycles. The van der Waals surface area contributed by atoms with Gasteiger partial charge in [0, 0.05) is 24.3 Å². The van der Waals surface area contributed by atoms with Crippen LogP contribution in [0.5, 0.6) is 0 Å². The molecule has 1 aliphatic heterocycles. The summed E-state index contributed by atoms with van der Waals surface area (Å²) in [6.45, 7) is 6.54. The summed E-state index contributed by atoms with van der Waals surface area (Å²) in [7, 11) is 1.32. The maximum Gasteiger partial charge on any atom is 0.337 e. The minimum absolute atomic E-state index is 0.0395. The summed E-state index contributed by atoms with van der Waals surface area (Å²) in [5.41, 5.74) is 4.05. The molecule has 0 spiro atoms. The summed E-state index contributed by atoms with van der Waals surface area (Å²) in [5.74, 6) is -0.825. The number of nitrogens with zero attached hydrogens (tertiary/aromatic N) is 1. The molecule has 1 unspecified atom stereocenters. The Balaban J connectivity index is 1.74. The summed E-state index contributed by atoms with van der Waals surface area (Å²) in [5, 5.41) is 2.84. The Bertz CT molecular complexity index is 934. The highest BCUT2D eigenvalue weighted by Crippen LogP contribution is 2.35. The summed E-state index contributed by atoms with van der Waals surface area (Å²) >= 11 is 0. The fourth-order valence-corrected chi connectivity index (χ4v) is 3.67. The van der Waals surface area contributed by atoms with Crippen LogP contribution < -0.4 is 10.2 Å². The molecule has 0 bridgehead atoms. The number of hydrogen-bond acceptors (Lipinski definition) is 4. The molecule has 0 radical (unpaired) electrons. The highest BCUT2D eigenvalue weighted by molar-refractivity contribution is 6.04. The molecule has 1 atom stereocenters. The third kappa shape index (κ3) is 4.31. The molecule has 6 heteroatoms. The summed E-state index contributed by atoms with van der Waals surface area (Å²) < 4.78 is 4.67. The van der Waals surface area contributed by atoms with Crippen molar-refractivity contribution in [3.63, 3.8) is 0 Å². The molecule has 29 heavy (non-hydrogen) atoms. The van der Waals surface area contributed by atoms with E-state index in [1.165, 1.54) is 7.11 Å². The van der Waals surface area contributed by atoms with Crippen molar-refractivity contribution in [3.8, 4) is 0 Å². The van der Waals surface area contributed by atoms with Crippen LogP contribution in [0.1, 0.15) is 47.7 Å². The monoisotopic (exact) mass is 394 g/mol. The van der Waals surface area contributed by atoms with Gasteiger partial charge in [-0.3, -0.25) is 9.59 Å². The molecule has 1 aliphatic rings. The van der Waals surface area contributed by atoms with E-state index in [0.717, 1.165) is 16.8 Å². The molecule has 0 aliphatic carbocycles. The van der Waals surface area contributed by atoms with Crippen LogP contribution in [-0.2, 0) is 14.3 Å². The van der Waals surface area contributed by atoms with E-state index in [0.29, 0.717) is 17.8 Å². The zero-order chi connectivity index (χ0) is 21.1. The van der Waals surface area contributed by atoms with E-state index >= 15 is 0 Å². The molecule has 2 amide bonds. The number of carbonyl (C=O) groups is 3. The second-order valence-corrected chi connectivity index (χ2v) is 7.63. The average Bonchev–Trinajstić information content (AvgIpc) is 3.09. The van der Waals surface area contributed by atoms with Crippen LogP contribution >= 0.6 is 0 Å². The first-order valence-corrected chi connectivity index (χ1v) is 9.71. The number of nitrogens with one attached hydrogen (secondary N) is 1. The Morgan fingerprint density at radius 2 is 1.83 bits per heavy atom. The van der Waals surface area contributed by atoms with Gasteiger partial charge in [-0.15, -0.1) is 0 Å². The third-order valence-corrected chi connectivity index (χ3v) is 5.23. The van der Waals surface area contributed by atoms with Gasteiger partial charge in [-0.2, -0.15) is 0 Å². The van der Waals surface area contributed by atoms with Gasteiger partial charge < -0.3 is 15.0 Å². The number of amides is 2. The number of ether oxygens (including phenoxy) is 1. The highest BCUT2D eigenvalue weighted by atomic mass is 16.5. The fourth-order valence-electron chi connectivity index (χ4n) is 3.67. The Hall–Kier alpha value is -3.15. The molecule has 152 valence electrons. The Morgan fingerprint density at radius 1 is 1.14 bits per heavy atom. The van der Waals surface area contributed by atoms with Crippen molar-refractivity contribution in [1.29, 1.82) is 0 Å². The Kier molecular flexibility index (Phi) is 6.01.